The number of allylic oxidation sites excluding steroid dienone is 4. The van der Waals surface area contributed by atoms with Crippen molar-refractivity contribution in [2.24, 2.45) is 33.5 Å². The van der Waals surface area contributed by atoms with Crippen LogP contribution in [0.1, 0.15) is 76.1 Å². The van der Waals surface area contributed by atoms with Crippen LogP contribution in [-0.4, -0.2) is 76.1 Å². The van der Waals surface area contributed by atoms with Gasteiger partial charge in [-0.2, -0.15) is 0 Å². The van der Waals surface area contributed by atoms with Crippen LogP contribution in [-0.2, 0) is 4.79 Å². The van der Waals surface area contributed by atoms with E-state index >= 15 is 4.79 Å². The Morgan fingerprint density at radius 3 is 2.23 bits per heavy atom. The van der Waals surface area contributed by atoms with Crippen molar-refractivity contribution in [3.63, 3.8) is 0 Å². The number of fused-ring (bicyclic) bond motifs is 1. The fraction of sp³-hybridized carbons (Fsp3) is 0.561. The van der Waals surface area contributed by atoms with E-state index in [1.165, 1.54) is 0 Å². The Bertz CT molecular complexity index is 1660. The fourth-order valence-electron chi connectivity index (χ4n) is 11.9. The van der Waals surface area contributed by atoms with Gasteiger partial charge < -0.3 is 15.1 Å². The molecule has 6 aliphatic carbocycles. The zero-order chi connectivity index (χ0) is 32.8. The lowest BCUT2D eigenvalue weighted by atomic mass is 9.32. The number of hydrogen-bond acceptors (Lipinski definition) is 5. The third-order valence-electron chi connectivity index (χ3n) is 14.5. The van der Waals surface area contributed by atoms with Crippen LogP contribution in [0.2, 0.25) is 0 Å². The van der Waals surface area contributed by atoms with Crippen LogP contribution in [0, 0.1) is 33.5 Å². The van der Waals surface area contributed by atoms with E-state index < -0.39 is 11.0 Å². The highest BCUT2D eigenvalue weighted by atomic mass is 16.3. The summed E-state index contributed by atoms with van der Waals surface area (Å²) < 4.78 is 0. The number of hydrogen-bond donors (Lipinski definition) is 2. The molecule has 47 heavy (non-hydrogen) atoms. The van der Waals surface area contributed by atoms with Crippen molar-refractivity contribution >= 4 is 11.7 Å². The van der Waals surface area contributed by atoms with Gasteiger partial charge in [-0.3, -0.25) is 14.5 Å². The zero-order valence-corrected chi connectivity index (χ0v) is 28.3. The van der Waals surface area contributed by atoms with Crippen LogP contribution in [0.4, 0.5) is 0 Å². The Labute approximate surface area is 279 Å². The van der Waals surface area contributed by atoms with E-state index in [0.29, 0.717) is 32.5 Å². The van der Waals surface area contributed by atoms with Gasteiger partial charge in [-0.05, 0) is 73.3 Å². The number of carbonyl (C=O) groups excluding carboxylic acids is 2. The van der Waals surface area contributed by atoms with E-state index in [4.69, 9.17) is 0 Å². The van der Waals surface area contributed by atoms with Crippen LogP contribution >= 0.6 is 0 Å². The SMILES string of the molecule is CC(=O)N1CCN(C[C@]2(O)CC[C@H]3[C@]45C=C[C@@]6(C=C4C(=O)c4ccccc4-c4ccccc4)CC(O)CC[C@]6(C)[C@H]5CC[C@@]32C)CC1. The molecule has 4 fully saturated rings. The number of Topliss-reactive ketones (excluding diaryl/α,β-unsaturated/α-hetero) is 1. The maximum Gasteiger partial charge on any atom is 0.219 e. The summed E-state index contributed by atoms with van der Waals surface area (Å²) in [5.41, 5.74) is 1.47. The summed E-state index contributed by atoms with van der Waals surface area (Å²) in [6.45, 7) is 9.96. The van der Waals surface area contributed by atoms with E-state index in [0.717, 1.165) is 67.5 Å². The van der Waals surface area contributed by atoms with E-state index in [2.05, 4.69) is 55.2 Å². The van der Waals surface area contributed by atoms with Crippen LogP contribution in [0.5, 0.6) is 0 Å². The third-order valence-corrected chi connectivity index (χ3v) is 14.5. The molecule has 2 aromatic carbocycles. The maximum atomic E-state index is 15.3. The second-order valence-corrected chi connectivity index (χ2v) is 16.3. The summed E-state index contributed by atoms with van der Waals surface area (Å²) in [6.07, 6.45) is 12.6. The number of aliphatic hydroxyl groups is 2. The van der Waals surface area contributed by atoms with E-state index in [1.807, 2.05) is 41.3 Å². The topological polar surface area (TPSA) is 81.1 Å². The van der Waals surface area contributed by atoms with Crippen LogP contribution < -0.4 is 0 Å². The number of ketones is 1. The first-order valence-electron chi connectivity index (χ1n) is 18.0. The number of aliphatic hydroxyl groups excluding tert-OH is 1. The molecular weight excluding hydrogens is 584 g/mol. The Hall–Kier alpha value is -3.06. The molecule has 1 heterocycles. The predicted molar refractivity (Wildman–Crippen MR) is 183 cm³/mol. The first kappa shape index (κ1) is 31.2. The lowest BCUT2D eigenvalue weighted by Crippen LogP contribution is -2.67. The highest BCUT2D eigenvalue weighted by Gasteiger charge is 2.74. The van der Waals surface area contributed by atoms with Crippen LogP contribution in [0.15, 0.2) is 78.4 Å². The number of amides is 1. The van der Waals surface area contributed by atoms with Gasteiger partial charge in [0.25, 0.3) is 0 Å². The van der Waals surface area contributed by atoms with Gasteiger partial charge in [0.15, 0.2) is 5.78 Å². The van der Waals surface area contributed by atoms with Gasteiger partial charge in [0.2, 0.25) is 5.91 Å². The highest BCUT2D eigenvalue weighted by Crippen LogP contribution is 2.78. The quantitative estimate of drug-likeness (QED) is 0.299. The van der Waals surface area contributed by atoms with Crippen molar-refractivity contribution in [3.05, 3.63) is 84.0 Å². The molecular formula is C41H50N2O4. The summed E-state index contributed by atoms with van der Waals surface area (Å²) in [7, 11) is 0. The molecule has 6 heteroatoms. The zero-order valence-electron chi connectivity index (χ0n) is 28.3. The van der Waals surface area contributed by atoms with Crippen molar-refractivity contribution in [3.8, 4) is 11.1 Å². The molecule has 1 aliphatic heterocycles. The minimum atomic E-state index is -0.880. The molecule has 1 unspecified atom stereocenters. The minimum Gasteiger partial charge on any atom is -0.393 e. The number of rotatable bonds is 5. The van der Waals surface area contributed by atoms with Gasteiger partial charge in [0.05, 0.1) is 11.7 Å². The molecule has 2 aromatic rings. The van der Waals surface area contributed by atoms with E-state index in [1.54, 1.807) is 6.92 Å². The molecule has 248 valence electrons. The number of nitrogens with zero attached hydrogens (tertiary/aromatic N) is 2. The summed E-state index contributed by atoms with van der Waals surface area (Å²) in [4.78, 5) is 31.5. The number of benzene rings is 2. The molecule has 2 N–H and O–H groups in total. The molecule has 8 atom stereocenters. The Morgan fingerprint density at radius 2 is 1.49 bits per heavy atom. The normalized spacial score (nSPS) is 40.7. The molecule has 2 spiro atoms. The summed E-state index contributed by atoms with van der Waals surface area (Å²) >= 11 is 0. The molecule has 2 bridgehead atoms. The van der Waals surface area contributed by atoms with Gasteiger partial charge in [0.1, 0.15) is 0 Å². The Kier molecular flexibility index (Phi) is 7.12. The first-order chi connectivity index (χ1) is 22.5. The number of β-amino-alcohol motifs (C(OH)–C–C–N with tert-alkyl or cyclic N) is 1. The third kappa shape index (κ3) is 4.26. The van der Waals surface area contributed by atoms with Crippen molar-refractivity contribution in [2.45, 2.75) is 77.4 Å². The van der Waals surface area contributed by atoms with Gasteiger partial charge >= 0.3 is 0 Å². The first-order valence-corrected chi connectivity index (χ1v) is 18.0. The minimum absolute atomic E-state index is 0.0608. The van der Waals surface area contributed by atoms with Crippen molar-refractivity contribution < 1.29 is 19.8 Å². The average molecular weight is 635 g/mol. The van der Waals surface area contributed by atoms with Crippen molar-refractivity contribution in [1.29, 1.82) is 0 Å². The molecule has 1 amide bonds. The second-order valence-electron chi connectivity index (χ2n) is 16.3. The van der Waals surface area contributed by atoms with E-state index in [-0.39, 0.29) is 45.9 Å². The molecule has 0 radical (unpaired) electrons. The predicted octanol–water partition coefficient (Wildman–Crippen LogP) is 6.29. The molecule has 3 saturated carbocycles. The highest BCUT2D eigenvalue weighted by molar-refractivity contribution is 6.14. The molecule has 9 rings (SSSR count). The van der Waals surface area contributed by atoms with E-state index in [9.17, 15) is 15.0 Å². The fourth-order valence-corrected chi connectivity index (χ4v) is 11.9. The number of piperazine rings is 1. The van der Waals surface area contributed by atoms with Crippen LogP contribution in [0.25, 0.3) is 11.1 Å². The van der Waals surface area contributed by atoms with Gasteiger partial charge in [0, 0.05) is 67.0 Å². The monoisotopic (exact) mass is 634 g/mol. The van der Waals surface area contributed by atoms with Crippen LogP contribution in [0.3, 0.4) is 0 Å². The molecule has 0 aromatic heterocycles. The smallest absolute Gasteiger partial charge is 0.219 e. The van der Waals surface area contributed by atoms with Gasteiger partial charge in [-0.25, -0.2) is 0 Å². The summed E-state index contributed by atoms with van der Waals surface area (Å²) in [6, 6.07) is 18.2. The number of carbonyl (C=O) groups is 2. The summed E-state index contributed by atoms with van der Waals surface area (Å²) in [5.74, 6) is 0.600. The maximum absolute atomic E-state index is 15.3. The second kappa shape index (κ2) is 10.7. The largest absolute Gasteiger partial charge is 0.393 e. The standard InChI is InChI=1S/C41H50N2O4/c1-28(44)43-23-21-42(22-24-43)27-40(47)18-15-35-38(40,3)17-14-34-37(2)16-13-30(45)25-39(37)19-20-41(34,35)33(26-39)36(46)32-12-8-7-11-31(32)29-9-5-4-6-10-29/h4-12,19-20,26,30,34-35,45,47H,13-18,21-25,27H2,1-3H3/t30?,34-,35-,37-,38+,39+,40-,41-/m1/s1. The molecule has 1 saturated heterocycles. The van der Waals surface area contributed by atoms with Gasteiger partial charge in [-0.1, -0.05) is 86.7 Å². The average Bonchev–Trinajstić information content (AvgIpc) is 3.34. The van der Waals surface area contributed by atoms with Gasteiger partial charge in [-0.15, -0.1) is 0 Å². The summed E-state index contributed by atoms with van der Waals surface area (Å²) in [5, 5.41) is 23.8. The van der Waals surface area contributed by atoms with Crippen molar-refractivity contribution in [2.75, 3.05) is 32.7 Å². The molecule has 6 nitrogen and oxygen atoms in total. The lowest BCUT2D eigenvalue weighted by molar-refractivity contribution is -0.177. The Balaban J connectivity index is 1.22. The van der Waals surface area contributed by atoms with Crippen molar-refractivity contribution in [1.82, 2.24) is 9.80 Å². The lowest BCUT2D eigenvalue weighted by Gasteiger charge is -2.71. The Morgan fingerprint density at radius 1 is 0.830 bits per heavy atom. The molecule has 7 aliphatic rings.